The molecule has 0 aromatic heterocycles. The zero-order valence-electron chi connectivity index (χ0n) is 15.0. The van der Waals surface area contributed by atoms with Gasteiger partial charge in [-0.3, -0.25) is 0 Å². The monoisotopic (exact) mass is 416 g/mol. The number of para-hydroxylation sites is 1. The van der Waals surface area contributed by atoms with Crippen LogP contribution in [0.25, 0.3) is 0 Å². The van der Waals surface area contributed by atoms with Crippen LogP contribution in [0.5, 0.6) is 11.5 Å². The van der Waals surface area contributed by atoms with E-state index >= 15 is 0 Å². The summed E-state index contributed by atoms with van der Waals surface area (Å²) in [5.41, 5.74) is 2.03. The Bertz CT molecular complexity index is 1000. The van der Waals surface area contributed by atoms with E-state index in [4.69, 9.17) is 28.6 Å². The van der Waals surface area contributed by atoms with Crippen LogP contribution in [-0.4, -0.2) is 17.3 Å². The minimum absolute atomic E-state index is 0.00133. The third-order valence-electron chi connectivity index (χ3n) is 4.10. The molecule has 0 aliphatic rings. The minimum Gasteiger partial charge on any atom is -0.508 e. The fraction of sp³-hybridized carbons (Fsp3) is 0.0952. The van der Waals surface area contributed by atoms with E-state index in [0.717, 1.165) is 5.69 Å². The Morgan fingerprint density at radius 2 is 1.93 bits per heavy atom. The van der Waals surface area contributed by atoms with Gasteiger partial charge < -0.3 is 20.1 Å². The van der Waals surface area contributed by atoms with E-state index in [-0.39, 0.29) is 10.8 Å². The third kappa shape index (κ3) is 4.71. The number of hydrogen-bond donors (Lipinski definition) is 2. The summed E-state index contributed by atoms with van der Waals surface area (Å²) in [5.74, 6) is 0.340. The Balaban J connectivity index is 1.93. The normalized spacial score (nSPS) is 10.4. The lowest BCUT2D eigenvalue weighted by Crippen LogP contribution is -2.34. The lowest BCUT2D eigenvalue weighted by Gasteiger charge is -2.27. The van der Waals surface area contributed by atoms with Crippen molar-refractivity contribution in [2.24, 2.45) is 0 Å². The van der Waals surface area contributed by atoms with E-state index in [0.29, 0.717) is 28.7 Å². The zero-order chi connectivity index (χ0) is 20.1. The summed E-state index contributed by atoms with van der Waals surface area (Å²) >= 11 is 11.5. The molecule has 28 heavy (non-hydrogen) atoms. The van der Waals surface area contributed by atoms with Gasteiger partial charge in [0.1, 0.15) is 17.3 Å². The quantitative estimate of drug-likeness (QED) is 0.530. The minimum atomic E-state index is -0.503. The molecule has 0 atom stereocenters. The first-order valence-electron chi connectivity index (χ1n) is 8.42. The molecule has 3 aromatic rings. The van der Waals surface area contributed by atoms with Gasteiger partial charge in [-0.15, -0.1) is 0 Å². The number of benzene rings is 3. The van der Waals surface area contributed by atoms with Crippen molar-refractivity contribution in [1.29, 1.82) is 0 Å². The van der Waals surface area contributed by atoms with Crippen molar-refractivity contribution in [3.63, 3.8) is 0 Å². The Labute approximate surface area is 173 Å². The Morgan fingerprint density at radius 1 is 1.14 bits per heavy atom. The number of methoxy groups -OCH3 is 1. The van der Waals surface area contributed by atoms with E-state index in [2.05, 4.69) is 5.32 Å². The number of thiocarbonyl (C=S) groups is 1. The first-order chi connectivity index (χ1) is 13.5. The van der Waals surface area contributed by atoms with Crippen LogP contribution in [0.1, 0.15) is 5.56 Å². The van der Waals surface area contributed by atoms with Gasteiger partial charge in [-0.25, -0.2) is 4.39 Å². The second-order valence-electron chi connectivity index (χ2n) is 5.98. The zero-order valence-corrected chi connectivity index (χ0v) is 16.6. The molecule has 0 amide bonds. The summed E-state index contributed by atoms with van der Waals surface area (Å²) in [5, 5.41) is 13.6. The molecule has 3 aromatic carbocycles. The van der Waals surface area contributed by atoms with Gasteiger partial charge in [-0.1, -0.05) is 35.9 Å². The predicted octanol–water partition coefficient (Wildman–Crippen LogP) is 5.60. The first kappa shape index (κ1) is 19.9. The molecule has 0 spiro atoms. The number of nitrogens with one attached hydrogen (secondary N) is 1. The molecular weight excluding hydrogens is 399 g/mol. The predicted molar refractivity (Wildman–Crippen MR) is 115 cm³/mol. The van der Waals surface area contributed by atoms with Crippen LogP contribution in [0.4, 0.5) is 15.8 Å². The van der Waals surface area contributed by atoms with Gasteiger partial charge in [0, 0.05) is 23.0 Å². The SMILES string of the molecule is COc1cccc(N(Cc2ccccc2O)C(=S)Nc2ccc(F)c(Cl)c2)c1. The molecule has 7 heteroatoms. The first-order valence-corrected chi connectivity index (χ1v) is 9.21. The maximum Gasteiger partial charge on any atom is 0.178 e. The number of nitrogens with zero attached hydrogens (tertiary/aromatic N) is 1. The number of phenolic OH excluding ortho intramolecular Hbond substituents is 1. The number of phenols is 1. The molecule has 3 rings (SSSR count). The number of hydrogen-bond acceptors (Lipinski definition) is 3. The third-order valence-corrected chi connectivity index (χ3v) is 4.71. The highest BCUT2D eigenvalue weighted by Crippen LogP contribution is 2.27. The fourth-order valence-corrected chi connectivity index (χ4v) is 3.11. The smallest absolute Gasteiger partial charge is 0.178 e. The number of halogens is 2. The van der Waals surface area contributed by atoms with Crippen LogP contribution < -0.4 is 15.0 Å². The van der Waals surface area contributed by atoms with Crippen molar-refractivity contribution in [1.82, 2.24) is 0 Å². The van der Waals surface area contributed by atoms with Gasteiger partial charge in [-0.05, 0) is 48.6 Å². The Morgan fingerprint density at radius 3 is 2.64 bits per heavy atom. The molecule has 0 fully saturated rings. The summed E-state index contributed by atoms with van der Waals surface area (Å²) in [4.78, 5) is 1.81. The van der Waals surface area contributed by atoms with Crippen molar-refractivity contribution in [2.45, 2.75) is 6.54 Å². The maximum absolute atomic E-state index is 13.4. The van der Waals surface area contributed by atoms with Crippen LogP contribution in [0.3, 0.4) is 0 Å². The molecule has 0 heterocycles. The van der Waals surface area contributed by atoms with Gasteiger partial charge >= 0.3 is 0 Å². The summed E-state index contributed by atoms with van der Waals surface area (Å²) < 4.78 is 18.7. The molecule has 0 aliphatic carbocycles. The van der Waals surface area contributed by atoms with Crippen LogP contribution in [0.2, 0.25) is 5.02 Å². The van der Waals surface area contributed by atoms with E-state index in [9.17, 15) is 9.50 Å². The summed E-state index contributed by atoms with van der Waals surface area (Å²) in [6.07, 6.45) is 0. The average Bonchev–Trinajstić information content (AvgIpc) is 2.70. The summed E-state index contributed by atoms with van der Waals surface area (Å²) in [7, 11) is 1.59. The van der Waals surface area contributed by atoms with Crippen LogP contribution in [-0.2, 0) is 6.54 Å². The maximum atomic E-state index is 13.4. The highest BCUT2D eigenvalue weighted by molar-refractivity contribution is 7.80. The van der Waals surface area contributed by atoms with Crippen molar-refractivity contribution in [3.8, 4) is 11.5 Å². The lowest BCUT2D eigenvalue weighted by molar-refractivity contribution is 0.415. The molecule has 2 N–H and O–H groups in total. The molecular formula is C21H18ClFN2O2S. The summed E-state index contributed by atoms with van der Waals surface area (Å²) in [6.45, 7) is 0.320. The van der Waals surface area contributed by atoms with Crippen LogP contribution in [0, 0.1) is 5.82 Å². The molecule has 0 unspecified atom stereocenters. The molecule has 0 saturated carbocycles. The number of ether oxygens (including phenoxy) is 1. The Hall–Kier alpha value is -2.83. The van der Waals surface area contributed by atoms with Crippen molar-refractivity contribution >= 4 is 40.3 Å². The molecule has 4 nitrogen and oxygen atoms in total. The van der Waals surface area contributed by atoms with Crippen LogP contribution >= 0.6 is 23.8 Å². The van der Waals surface area contributed by atoms with Crippen LogP contribution in [0.15, 0.2) is 66.7 Å². The van der Waals surface area contributed by atoms with E-state index < -0.39 is 5.82 Å². The van der Waals surface area contributed by atoms with E-state index in [1.165, 1.54) is 12.1 Å². The standard InChI is InChI=1S/C21H18ClFN2O2S/c1-27-17-7-4-6-16(12-17)25(13-14-5-2-3-8-20(14)26)21(28)24-15-9-10-19(23)18(22)11-15/h2-12,26H,13H2,1H3,(H,24,28). The molecule has 144 valence electrons. The highest BCUT2D eigenvalue weighted by atomic mass is 35.5. The van der Waals surface area contributed by atoms with Gasteiger partial charge in [0.05, 0.1) is 18.7 Å². The number of rotatable bonds is 5. The topological polar surface area (TPSA) is 44.7 Å². The number of aromatic hydroxyl groups is 1. The largest absolute Gasteiger partial charge is 0.508 e. The summed E-state index contributed by atoms with van der Waals surface area (Å²) in [6, 6.07) is 18.7. The van der Waals surface area contributed by atoms with E-state index in [1.54, 1.807) is 25.3 Å². The molecule has 0 aliphatic heterocycles. The van der Waals surface area contributed by atoms with Gasteiger partial charge in [0.2, 0.25) is 0 Å². The van der Waals surface area contributed by atoms with Crippen molar-refractivity contribution in [3.05, 3.63) is 83.1 Å². The number of anilines is 2. The second-order valence-corrected chi connectivity index (χ2v) is 6.77. The van der Waals surface area contributed by atoms with Crippen molar-refractivity contribution < 1.29 is 14.2 Å². The van der Waals surface area contributed by atoms with Gasteiger partial charge in [0.25, 0.3) is 0 Å². The molecule has 0 radical (unpaired) electrons. The van der Waals surface area contributed by atoms with Gasteiger partial charge in [-0.2, -0.15) is 0 Å². The molecule has 0 bridgehead atoms. The average molecular weight is 417 g/mol. The Kier molecular flexibility index (Phi) is 6.34. The van der Waals surface area contributed by atoms with Gasteiger partial charge in [0.15, 0.2) is 5.11 Å². The lowest BCUT2D eigenvalue weighted by atomic mass is 10.1. The second kappa shape index (κ2) is 8.91. The van der Waals surface area contributed by atoms with Crippen molar-refractivity contribution in [2.75, 3.05) is 17.3 Å². The fourth-order valence-electron chi connectivity index (χ4n) is 2.64. The molecule has 0 saturated heterocycles. The van der Waals surface area contributed by atoms with E-state index in [1.807, 2.05) is 41.3 Å². The highest BCUT2D eigenvalue weighted by Gasteiger charge is 2.16.